The summed E-state index contributed by atoms with van der Waals surface area (Å²) in [5.74, 6) is -0.651. The predicted molar refractivity (Wildman–Crippen MR) is 333 cm³/mol. The highest BCUT2D eigenvalue weighted by atomic mass is 16.5. The van der Waals surface area contributed by atoms with Gasteiger partial charge in [-0.2, -0.15) is 0 Å². The Hall–Kier alpha value is -8.45. The van der Waals surface area contributed by atoms with Crippen LogP contribution in [0.3, 0.4) is 0 Å². The van der Waals surface area contributed by atoms with Crippen LogP contribution in [-0.2, 0) is 24.0 Å². The number of carbonyl (C=O) groups excluding carboxylic acids is 6. The number of benzene rings is 4. The van der Waals surface area contributed by atoms with E-state index in [1.54, 1.807) is 56.3 Å². The maximum absolute atomic E-state index is 14.2. The highest BCUT2D eigenvalue weighted by Gasteiger charge is 2.37. The lowest BCUT2D eigenvalue weighted by molar-refractivity contribution is -0.139. The summed E-state index contributed by atoms with van der Waals surface area (Å²) in [5.41, 5.74) is 8.73. The minimum absolute atomic E-state index is 0.0592. The van der Waals surface area contributed by atoms with E-state index in [0.717, 1.165) is 49.3 Å². The van der Waals surface area contributed by atoms with Crippen LogP contribution in [0.1, 0.15) is 113 Å². The summed E-state index contributed by atoms with van der Waals surface area (Å²) in [4.78, 5) is 95.5. The molecule has 19 nitrogen and oxygen atoms in total. The van der Waals surface area contributed by atoms with Gasteiger partial charge in [-0.1, -0.05) is 64.5 Å². The first-order valence-corrected chi connectivity index (χ1v) is 30.2. The second kappa shape index (κ2) is 26.9. The summed E-state index contributed by atoms with van der Waals surface area (Å²) in [6, 6.07) is 22.2. The molecule has 5 amide bonds. The van der Waals surface area contributed by atoms with Crippen LogP contribution in [0, 0.1) is 35.0 Å². The number of unbranched alkanes of at least 4 members (excludes halogenated alkanes) is 2. The number of carbonyl (C=O) groups is 6. The summed E-state index contributed by atoms with van der Waals surface area (Å²) >= 11 is 0. The average molecular weight is 1170 g/mol. The zero-order chi connectivity index (χ0) is 60.8. The fraction of sp³-hybridized carbons (Fsp3) is 0.448. The van der Waals surface area contributed by atoms with Crippen LogP contribution in [0.15, 0.2) is 95.1 Å². The molecule has 0 aromatic heterocycles. The van der Waals surface area contributed by atoms with Crippen LogP contribution in [-0.4, -0.2) is 147 Å². The highest BCUT2D eigenvalue weighted by Crippen LogP contribution is 2.45. The van der Waals surface area contributed by atoms with Crippen molar-refractivity contribution in [3.8, 4) is 23.0 Å². The summed E-state index contributed by atoms with van der Waals surface area (Å²) in [5, 5.41) is 15.1. The Balaban J connectivity index is 0.680. The van der Waals surface area contributed by atoms with Gasteiger partial charge in [-0.15, -0.1) is 0 Å². The Kier molecular flexibility index (Phi) is 18.9. The first kappa shape index (κ1) is 60.7. The van der Waals surface area contributed by atoms with Crippen molar-refractivity contribution in [2.45, 2.75) is 97.6 Å². The van der Waals surface area contributed by atoms with Gasteiger partial charge in [0.25, 0.3) is 5.91 Å². The standard InChI is InChI=1S/C67H79N9O10/c1-40(2)64(72-61(78)12-9-8-10-21-75-62(79)29-42(4)66(75)81)56(77)28-41(3)65(80)71-48-17-13-44(14-18-48)47-31-50-38-70-55-36-60(58(84-7)34-53(55)67(82)76(50)39-47)86-27-11-26-85-59-35-54-52(33-57(59)83-6)63(68)51-32-45(30-46(51)37-69-54)43-15-19-49(20-16-43)74-24-22-73(5)23-25-74/h13-20,32-42,46,50-51,64,68H,8-12,21-31H2,1-7H3,(H,71,80)(H,72,78)/t41-,42?,46+,50+,51?,64?/m1/s1. The molecule has 4 aromatic carbocycles. The topological polar surface area (TPSA) is 225 Å². The number of hydrogen-bond donors (Lipinski definition) is 3. The van der Waals surface area contributed by atoms with Crippen LogP contribution in [0.4, 0.5) is 22.7 Å². The Labute approximate surface area is 503 Å². The third kappa shape index (κ3) is 13.6. The Bertz CT molecular complexity index is 3380. The van der Waals surface area contributed by atoms with Gasteiger partial charge in [0.15, 0.2) is 28.8 Å². The number of amides is 5. The molecular weight excluding hydrogens is 1090 g/mol. The molecule has 0 radical (unpaired) electrons. The number of allylic oxidation sites excluding steroid dienone is 2. The van der Waals surface area contributed by atoms with E-state index in [1.807, 2.05) is 50.5 Å². The maximum Gasteiger partial charge on any atom is 0.260 e. The Morgan fingerprint density at radius 2 is 1.37 bits per heavy atom. The normalized spacial score (nSPS) is 20.5. The van der Waals surface area contributed by atoms with Crippen LogP contribution >= 0.6 is 0 Å². The fourth-order valence-corrected chi connectivity index (χ4v) is 12.1. The second-order valence-electron chi connectivity index (χ2n) is 23.8. The highest BCUT2D eigenvalue weighted by molar-refractivity contribution is 6.10. The quantitative estimate of drug-likeness (QED) is 0.0440. The van der Waals surface area contributed by atoms with Gasteiger partial charge in [0.2, 0.25) is 23.6 Å². The van der Waals surface area contributed by atoms with E-state index in [0.29, 0.717) is 96.6 Å². The van der Waals surface area contributed by atoms with Crippen LogP contribution in [0.25, 0.3) is 11.1 Å². The second-order valence-corrected chi connectivity index (χ2v) is 23.8. The fourth-order valence-electron chi connectivity index (χ4n) is 12.1. The van der Waals surface area contributed by atoms with Crippen LogP contribution in [0.5, 0.6) is 23.0 Å². The minimum atomic E-state index is -0.751. The average Bonchev–Trinajstić information content (AvgIpc) is 3.29. The number of piperazine rings is 1. The molecule has 2 saturated heterocycles. The number of anilines is 2. The van der Waals surface area contributed by atoms with Crippen molar-refractivity contribution < 1.29 is 47.7 Å². The number of nitrogens with one attached hydrogen (secondary N) is 3. The molecule has 452 valence electrons. The molecule has 0 bridgehead atoms. The van der Waals surface area contributed by atoms with Crippen LogP contribution in [0.2, 0.25) is 0 Å². The first-order valence-electron chi connectivity index (χ1n) is 30.2. The van der Waals surface area contributed by atoms with Gasteiger partial charge < -0.3 is 49.7 Å². The number of likely N-dealkylation sites (N-methyl/N-ethyl adjacent to an activating group) is 1. The number of aliphatic imine (C=N–C) groups is 2. The van der Waals surface area contributed by atoms with Crippen molar-refractivity contribution in [3.05, 3.63) is 107 Å². The van der Waals surface area contributed by atoms with E-state index in [2.05, 4.69) is 57.8 Å². The largest absolute Gasteiger partial charge is 0.493 e. The van der Waals surface area contributed by atoms with Gasteiger partial charge in [-0.3, -0.25) is 43.7 Å². The lowest BCUT2D eigenvalue weighted by Gasteiger charge is -2.34. The number of rotatable bonds is 24. The summed E-state index contributed by atoms with van der Waals surface area (Å²) in [6.45, 7) is 12.2. The maximum atomic E-state index is 14.2. The number of ether oxygens (including phenoxy) is 4. The smallest absolute Gasteiger partial charge is 0.260 e. The number of imide groups is 1. The minimum Gasteiger partial charge on any atom is -0.493 e. The molecule has 5 aliphatic heterocycles. The Morgan fingerprint density at radius 3 is 2.02 bits per heavy atom. The lowest BCUT2D eigenvalue weighted by atomic mass is 9.89. The molecule has 3 N–H and O–H groups in total. The van der Waals surface area contributed by atoms with Gasteiger partial charge in [-0.05, 0) is 90.9 Å². The van der Waals surface area contributed by atoms with E-state index >= 15 is 0 Å². The molecule has 3 unspecified atom stereocenters. The van der Waals surface area contributed by atoms with Crippen molar-refractivity contribution in [1.82, 2.24) is 20.0 Å². The molecule has 10 rings (SSSR count). The number of Topliss-reactive ketones (excluding diaryl/α,β-unsaturated/α-hetero) is 1. The number of nitrogens with zero attached hydrogens (tertiary/aromatic N) is 6. The molecule has 86 heavy (non-hydrogen) atoms. The van der Waals surface area contributed by atoms with E-state index in [9.17, 15) is 34.2 Å². The molecule has 19 heteroatoms. The van der Waals surface area contributed by atoms with Gasteiger partial charge in [0, 0.05) is 142 Å². The molecule has 6 atom stereocenters. The molecule has 0 spiro atoms. The van der Waals surface area contributed by atoms with Gasteiger partial charge in [0.05, 0.1) is 56.5 Å². The van der Waals surface area contributed by atoms with Crippen molar-refractivity contribution in [2.75, 3.05) is 77.4 Å². The van der Waals surface area contributed by atoms with Crippen molar-refractivity contribution in [2.24, 2.45) is 39.6 Å². The zero-order valence-corrected chi connectivity index (χ0v) is 50.4. The SMILES string of the molecule is COc1cc2c(cc1OCCCOc1cc3c(cc1OC)C(=O)N1C=C(c4ccc(NC(=O)[C@H](C)CC(=O)C(NC(=O)CCCCCN5C(=O)CC(C)C5=O)C(C)C)cc4)C[C@H]1C=N3)N=C[C@@H]1CC(c3ccc(N4CCN(C)CC4)cc3)=CC1C2=N. The monoisotopic (exact) mass is 1170 g/mol. The van der Waals surface area contributed by atoms with E-state index in [-0.39, 0.29) is 90.9 Å². The van der Waals surface area contributed by atoms with Crippen molar-refractivity contribution in [3.63, 3.8) is 0 Å². The third-order valence-electron chi connectivity index (χ3n) is 17.3. The summed E-state index contributed by atoms with van der Waals surface area (Å²) in [6.07, 6.45) is 11.9. The molecule has 1 aliphatic carbocycles. The van der Waals surface area contributed by atoms with E-state index < -0.39 is 12.0 Å². The van der Waals surface area contributed by atoms with Gasteiger partial charge in [0.1, 0.15) is 0 Å². The molecule has 4 aromatic rings. The molecule has 5 heterocycles. The molecular formula is C67H79N9O10. The molecule has 0 saturated carbocycles. The number of likely N-dealkylation sites (tertiary alicyclic amines) is 1. The van der Waals surface area contributed by atoms with Crippen LogP contribution < -0.4 is 34.5 Å². The summed E-state index contributed by atoms with van der Waals surface area (Å²) in [7, 11) is 5.29. The van der Waals surface area contributed by atoms with E-state index in [4.69, 9.17) is 28.9 Å². The first-order chi connectivity index (χ1) is 41.5. The molecule has 6 aliphatic rings. The third-order valence-corrected chi connectivity index (χ3v) is 17.3. The zero-order valence-electron chi connectivity index (χ0n) is 50.4. The van der Waals surface area contributed by atoms with Gasteiger partial charge in [-0.25, -0.2) is 0 Å². The molecule has 2 fully saturated rings. The number of methoxy groups -OCH3 is 2. The number of fused-ring (bicyclic) bond motifs is 4. The number of hydrogen-bond acceptors (Lipinski definition) is 15. The summed E-state index contributed by atoms with van der Waals surface area (Å²) < 4.78 is 24.0. The predicted octanol–water partition coefficient (Wildman–Crippen LogP) is 9.71. The van der Waals surface area contributed by atoms with E-state index in [1.165, 1.54) is 28.8 Å². The lowest BCUT2D eigenvalue weighted by Crippen LogP contribution is -2.45. The number of ketones is 1. The van der Waals surface area contributed by atoms with Crippen molar-refractivity contribution in [1.29, 1.82) is 5.41 Å². The Morgan fingerprint density at radius 1 is 0.733 bits per heavy atom. The van der Waals surface area contributed by atoms with Gasteiger partial charge >= 0.3 is 0 Å². The van der Waals surface area contributed by atoms with Crippen molar-refractivity contribution >= 4 is 87.4 Å².